The van der Waals surface area contributed by atoms with Crippen LogP contribution in [0.1, 0.15) is 0 Å². The molecule has 0 saturated carbocycles. The summed E-state index contributed by atoms with van der Waals surface area (Å²) in [7, 11) is 0. The number of urea groups is 1. The molecule has 0 spiro atoms. The van der Waals surface area contributed by atoms with Gasteiger partial charge in [-0.15, -0.1) is 0 Å². The van der Waals surface area contributed by atoms with Crippen LogP contribution in [0.5, 0.6) is 0 Å². The van der Waals surface area contributed by atoms with E-state index in [1.165, 1.54) is 10.6 Å². The van der Waals surface area contributed by atoms with E-state index in [9.17, 15) is 18.8 Å². The summed E-state index contributed by atoms with van der Waals surface area (Å²) in [5.41, 5.74) is -3.18. The molecule has 2 atom stereocenters. The van der Waals surface area contributed by atoms with Crippen LogP contribution in [-0.4, -0.2) is 40.0 Å². The minimum Gasteiger partial charge on any atom is -0.478 e. The van der Waals surface area contributed by atoms with E-state index in [1.807, 2.05) is 0 Å². The summed E-state index contributed by atoms with van der Waals surface area (Å²) in [5, 5.41) is 20.1. The highest BCUT2D eigenvalue weighted by Gasteiger charge is 2.54. The van der Waals surface area contributed by atoms with E-state index in [-0.39, 0.29) is 0 Å². The second-order valence-electron chi connectivity index (χ2n) is 2.38. The fourth-order valence-corrected chi connectivity index (χ4v) is 0.795. The molecule has 2 unspecified atom stereocenters. The molecule has 0 radical (unpaired) electrons. The molecule has 8 heteroatoms. The monoisotopic (exact) mass is 192 g/mol. The summed E-state index contributed by atoms with van der Waals surface area (Å²) in [6.07, 6.45) is -2.73. The number of carbonyl (C=O) groups excluding carboxylic acids is 2. The first kappa shape index (κ1) is 9.39. The maximum absolute atomic E-state index is 12.8. The quantitative estimate of drug-likeness (QED) is 0.381. The molecule has 3 amide bonds. The average molecular weight is 192 g/mol. The van der Waals surface area contributed by atoms with Crippen molar-refractivity contribution in [3.05, 3.63) is 0 Å². The molecule has 0 aromatic heterocycles. The SMILES string of the molecule is O=C1NC(=O)C(F)C(O)(C(=O)O)N1. The Bertz CT molecular complexity index is 293. The van der Waals surface area contributed by atoms with Gasteiger partial charge in [-0.2, -0.15) is 0 Å². The van der Waals surface area contributed by atoms with Gasteiger partial charge in [-0.05, 0) is 0 Å². The minimum absolute atomic E-state index is 1.26. The topological polar surface area (TPSA) is 116 Å². The van der Waals surface area contributed by atoms with Gasteiger partial charge in [0.05, 0.1) is 0 Å². The number of amides is 3. The lowest BCUT2D eigenvalue weighted by atomic mass is 10.1. The van der Waals surface area contributed by atoms with Crippen LogP contribution in [0, 0.1) is 0 Å². The second-order valence-corrected chi connectivity index (χ2v) is 2.38. The smallest absolute Gasteiger partial charge is 0.361 e. The number of rotatable bonds is 1. The van der Waals surface area contributed by atoms with Gasteiger partial charge in [-0.3, -0.25) is 15.4 Å². The summed E-state index contributed by atoms with van der Waals surface area (Å²) in [5.74, 6) is -3.53. The highest BCUT2D eigenvalue weighted by Crippen LogP contribution is 2.14. The van der Waals surface area contributed by atoms with E-state index in [2.05, 4.69) is 0 Å². The zero-order chi connectivity index (χ0) is 10.2. The van der Waals surface area contributed by atoms with Crippen molar-refractivity contribution >= 4 is 17.9 Å². The summed E-state index contributed by atoms with van der Waals surface area (Å²) in [6.45, 7) is 0. The van der Waals surface area contributed by atoms with Crippen LogP contribution in [0.25, 0.3) is 0 Å². The molecule has 1 heterocycles. The molecule has 4 N–H and O–H groups in total. The Labute approximate surface area is 70.5 Å². The van der Waals surface area contributed by atoms with Crippen LogP contribution < -0.4 is 10.6 Å². The van der Waals surface area contributed by atoms with Gasteiger partial charge < -0.3 is 10.2 Å². The Balaban J connectivity index is 3.02. The van der Waals surface area contributed by atoms with Crippen molar-refractivity contribution in [2.75, 3.05) is 0 Å². The Hall–Kier alpha value is -1.70. The van der Waals surface area contributed by atoms with Gasteiger partial charge in [0.2, 0.25) is 6.17 Å². The number of halogens is 1. The molecule has 1 fully saturated rings. The molecular formula is C5H5FN2O5. The number of aliphatic hydroxyl groups is 1. The molecule has 1 aliphatic rings. The molecular weight excluding hydrogens is 187 g/mol. The normalized spacial score (nSPS) is 33.5. The van der Waals surface area contributed by atoms with Crippen molar-refractivity contribution in [2.24, 2.45) is 0 Å². The van der Waals surface area contributed by atoms with Gasteiger partial charge >= 0.3 is 12.0 Å². The first-order chi connectivity index (χ1) is 5.88. The van der Waals surface area contributed by atoms with Crippen molar-refractivity contribution in [1.29, 1.82) is 0 Å². The molecule has 0 aromatic rings. The highest BCUT2D eigenvalue weighted by atomic mass is 19.1. The minimum atomic E-state index is -3.18. The zero-order valence-electron chi connectivity index (χ0n) is 6.07. The molecule has 1 saturated heterocycles. The third kappa shape index (κ3) is 1.31. The zero-order valence-corrected chi connectivity index (χ0v) is 6.07. The summed E-state index contributed by atoms with van der Waals surface area (Å²) >= 11 is 0. The number of carboxylic acids is 1. The number of hydrogen-bond acceptors (Lipinski definition) is 4. The van der Waals surface area contributed by atoms with Crippen LogP contribution in [0.2, 0.25) is 0 Å². The van der Waals surface area contributed by atoms with Crippen LogP contribution in [-0.2, 0) is 9.59 Å². The first-order valence-corrected chi connectivity index (χ1v) is 3.11. The van der Waals surface area contributed by atoms with E-state index >= 15 is 0 Å². The fraction of sp³-hybridized carbons (Fsp3) is 0.400. The molecule has 0 aromatic carbocycles. The van der Waals surface area contributed by atoms with Gasteiger partial charge in [0, 0.05) is 0 Å². The summed E-state index contributed by atoms with van der Waals surface area (Å²) in [4.78, 5) is 31.4. The number of aliphatic carboxylic acids is 1. The lowest BCUT2D eigenvalue weighted by Gasteiger charge is -2.30. The number of alkyl halides is 1. The largest absolute Gasteiger partial charge is 0.478 e. The molecule has 0 aliphatic carbocycles. The maximum Gasteiger partial charge on any atom is 0.361 e. The van der Waals surface area contributed by atoms with Crippen molar-refractivity contribution in [1.82, 2.24) is 10.6 Å². The number of carboxylic acid groups (broad SMARTS) is 1. The van der Waals surface area contributed by atoms with Crippen LogP contribution >= 0.6 is 0 Å². The average Bonchev–Trinajstić information content (AvgIpc) is 1.99. The summed E-state index contributed by atoms with van der Waals surface area (Å²) < 4.78 is 12.8. The summed E-state index contributed by atoms with van der Waals surface area (Å²) in [6, 6.07) is -1.26. The lowest BCUT2D eigenvalue weighted by molar-refractivity contribution is -0.175. The second kappa shape index (κ2) is 2.66. The van der Waals surface area contributed by atoms with E-state index in [4.69, 9.17) is 10.2 Å². The third-order valence-electron chi connectivity index (χ3n) is 1.46. The Morgan fingerprint density at radius 2 is 2.08 bits per heavy atom. The van der Waals surface area contributed by atoms with Crippen molar-refractivity contribution in [3.63, 3.8) is 0 Å². The molecule has 0 bridgehead atoms. The van der Waals surface area contributed by atoms with E-state index in [1.54, 1.807) is 0 Å². The van der Waals surface area contributed by atoms with E-state index < -0.39 is 29.8 Å². The van der Waals surface area contributed by atoms with Crippen LogP contribution in [0.15, 0.2) is 0 Å². The number of hydrogen-bond donors (Lipinski definition) is 4. The Kier molecular flexibility index (Phi) is 1.92. The van der Waals surface area contributed by atoms with Crippen molar-refractivity contribution < 1.29 is 29.0 Å². The Morgan fingerprint density at radius 3 is 2.54 bits per heavy atom. The van der Waals surface area contributed by atoms with Crippen molar-refractivity contribution in [2.45, 2.75) is 11.9 Å². The molecule has 7 nitrogen and oxygen atoms in total. The predicted molar refractivity (Wildman–Crippen MR) is 34.2 cm³/mol. The third-order valence-corrected chi connectivity index (χ3v) is 1.46. The lowest BCUT2D eigenvalue weighted by Crippen LogP contribution is -2.71. The molecule has 72 valence electrons. The number of imide groups is 1. The van der Waals surface area contributed by atoms with Gasteiger partial charge in [0.25, 0.3) is 11.6 Å². The molecule has 13 heavy (non-hydrogen) atoms. The van der Waals surface area contributed by atoms with Crippen LogP contribution in [0.3, 0.4) is 0 Å². The fourth-order valence-electron chi connectivity index (χ4n) is 0.795. The van der Waals surface area contributed by atoms with E-state index in [0.717, 1.165) is 0 Å². The van der Waals surface area contributed by atoms with Gasteiger partial charge in [0.1, 0.15) is 0 Å². The molecule has 1 rings (SSSR count). The first-order valence-electron chi connectivity index (χ1n) is 3.11. The predicted octanol–water partition coefficient (Wildman–Crippen LogP) is -2.06. The highest BCUT2D eigenvalue weighted by molar-refractivity contribution is 6.05. The molecule has 1 aliphatic heterocycles. The van der Waals surface area contributed by atoms with Crippen LogP contribution in [0.4, 0.5) is 9.18 Å². The number of carbonyl (C=O) groups is 3. The van der Waals surface area contributed by atoms with Gasteiger partial charge in [-0.1, -0.05) is 0 Å². The maximum atomic E-state index is 12.8. The Morgan fingerprint density at radius 1 is 1.54 bits per heavy atom. The van der Waals surface area contributed by atoms with Gasteiger partial charge in [0.15, 0.2) is 0 Å². The number of nitrogens with one attached hydrogen (secondary N) is 2. The van der Waals surface area contributed by atoms with E-state index in [0.29, 0.717) is 0 Å². The van der Waals surface area contributed by atoms with Crippen molar-refractivity contribution in [3.8, 4) is 0 Å². The van der Waals surface area contributed by atoms with Gasteiger partial charge in [-0.25, -0.2) is 14.0 Å². The standard InChI is InChI=1S/C5H5FN2O5/c6-1-2(9)7-4(12)8-5(1,13)3(10)11/h1,13H,(H,10,11)(H2,7,8,9,12).